The van der Waals surface area contributed by atoms with Crippen molar-refractivity contribution in [2.24, 2.45) is 5.73 Å². The highest BCUT2D eigenvalue weighted by Gasteiger charge is 2.27. The molecule has 0 heterocycles. The fraction of sp³-hybridized carbons (Fsp3) is 0.500. The lowest BCUT2D eigenvalue weighted by molar-refractivity contribution is 0.0598. The van der Waals surface area contributed by atoms with Gasteiger partial charge in [-0.15, -0.1) is 0 Å². The van der Waals surface area contributed by atoms with Crippen molar-refractivity contribution in [2.45, 2.75) is 38.0 Å². The summed E-state index contributed by atoms with van der Waals surface area (Å²) in [5.74, 6) is 0.811. The van der Waals surface area contributed by atoms with Gasteiger partial charge in [-0.1, -0.05) is 18.2 Å². The highest BCUT2D eigenvalue weighted by Crippen LogP contribution is 2.26. The molecule has 15 heavy (non-hydrogen) atoms. The molecular weight excluding hydrogens is 190 g/mol. The summed E-state index contributed by atoms with van der Waals surface area (Å²) in [5, 5.41) is 9.66. The third-order valence-corrected chi connectivity index (χ3v) is 2.89. The maximum Gasteiger partial charge on any atom is 0.124 e. The molecule has 0 aliphatic heterocycles. The molecule has 0 aromatic heterocycles. The predicted octanol–water partition coefficient (Wildman–Crippen LogP) is 1.44. The molecule has 3 heteroatoms. The van der Waals surface area contributed by atoms with Gasteiger partial charge in [0.25, 0.3) is 0 Å². The fourth-order valence-corrected chi connectivity index (χ4v) is 1.99. The summed E-state index contributed by atoms with van der Waals surface area (Å²) in [6, 6.07) is 7.74. The highest BCUT2D eigenvalue weighted by atomic mass is 16.5. The first-order valence-electron chi connectivity index (χ1n) is 5.44. The van der Waals surface area contributed by atoms with Crippen LogP contribution in [-0.4, -0.2) is 17.3 Å². The monoisotopic (exact) mass is 207 g/mol. The molecule has 0 radical (unpaired) electrons. The van der Waals surface area contributed by atoms with Gasteiger partial charge in [0.2, 0.25) is 0 Å². The molecule has 1 aromatic rings. The Kier molecular flexibility index (Phi) is 3.23. The standard InChI is InChI=1S/C12H17NO2/c13-8-9-4-1-2-6-11(9)15-12-7-3-5-10(12)14/h1-2,4,6,10,12,14H,3,5,7-8,13H2. The van der Waals surface area contributed by atoms with E-state index in [1.165, 1.54) is 0 Å². The van der Waals surface area contributed by atoms with Gasteiger partial charge in [0.05, 0.1) is 6.10 Å². The fourth-order valence-electron chi connectivity index (χ4n) is 1.99. The molecule has 1 aromatic carbocycles. The van der Waals surface area contributed by atoms with E-state index in [1.807, 2.05) is 24.3 Å². The van der Waals surface area contributed by atoms with Crippen molar-refractivity contribution in [1.29, 1.82) is 0 Å². The van der Waals surface area contributed by atoms with Crippen LogP contribution in [0.4, 0.5) is 0 Å². The zero-order chi connectivity index (χ0) is 10.7. The summed E-state index contributed by atoms with van der Waals surface area (Å²) in [5.41, 5.74) is 6.61. The Morgan fingerprint density at radius 2 is 2.13 bits per heavy atom. The molecule has 0 bridgehead atoms. The van der Waals surface area contributed by atoms with E-state index >= 15 is 0 Å². The molecule has 1 aliphatic rings. The number of rotatable bonds is 3. The van der Waals surface area contributed by atoms with Gasteiger partial charge >= 0.3 is 0 Å². The maximum absolute atomic E-state index is 9.66. The maximum atomic E-state index is 9.66. The van der Waals surface area contributed by atoms with Crippen molar-refractivity contribution in [2.75, 3.05) is 0 Å². The van der Waals surface area contributed by atoms with E-state index in [-0.39, 0.29) is 12.2 Å². The van der Waals surface area contributed by atoms with Gasteiger partial charge in [0.15, 0.2) is 0 Å². The largest absolute Gasteiger partial charge is 0.487 e. The van der Waals surface area contributed by atoms with Crippen LogP contribution in [-0.2, 0) is 6.54 Å². The van der Waals surface area contributed by atoms with Gasteiger partial charge in [-0.3, -0.25) is 0 Å². The SMILES string of the molecule is NCc1ccccc1OC1CCCC1O. The van der Waals surface area contributed by atoms with E-state index in [9.17, 15) is 5.11 Å². The number of hydrogen-bond donors (Lipinski definition) is 2. The first-order valence-corrected chi connectivity index (χ1v) is 5.44. The number of para-hydroxylation sites is 1. The van der Waals surface area contributed by atoms with Crippen molar-refractivity contribution in [1.82, 2.24) is 0 Å². The Morgan fingerprint density at radius 1 is 1.33 bits per heavy atom. The molecule has 0 saturated heterocycles. The van der Waals surface area contributed by atoms with E-state index in [0.29, 0.717) is 6.54 Å². The second-order valence-electron chi connectivity index (χ2n) is 3.97. The summed E-state index contributed by atoms with van der Waals surface area (Å²) >= 11 is 0. The minimum absolute atomic E-state index is 0.0577. The number of hydrogen-bond acceptors (Lipinski definition) is 3. The Labute approximate surface area is 89.9 Å². The van der Waals surface area contributed by atoms with Crippen molar-refractivity contribution >= 4 is 0 Å². The number of ether oxygens (including phenoxy) is 1. The molecule has 2 unspecified atom stereocenters. The lowest BCUT2D eigenvalue weighted by atomic mass is 10.2. The Hall–Kier alpha value is -1.06. The van der Waals surface area contributed by atoms with Crippen LogP contribution in [0.2, 0.25) is 0 Å². The molecule has 1 saturated carbocycles. The smallest absolute Gasteiger partial charge is 0.124 e. The lowest BCUT2D eigenvalue weighted by Crippen LogP contribution is -2.26. The lowest BCUT2D eigenvalue weighted by Gasteiger charge is -2.18. The Balaban J connectivity index is 2.09. The molecule has 3 nitrogen and oxygen atoms in total. The average Bonchev–Trinajstić information content (AvgIpc) is 2.65. The van der Waals surface area contributed by atoms with Crippen LogP contribution < -0.4 is 10.5 Å². The van der Waals surface area contributed by atoms with Crippen molar-refractivity contribution in [3.05, 3.63) is 29.8 Å². The van der Waals surface area contributed by atoms with Crippen LogP contribution in [0.1, 0.15) is 24.8 Å². The molecule has 0 spiro atoms. The molecule has 82 valence electrons. The van der Waals surface area contributed by atoms with E-state index in [2.05, 4.69) is 0 Å². The van der Waals surface area contributed by atoms with E-state index in [0.717, 1.165) is 30.6 Å². The minimum Gasteiger partial charge on any atom is -0.487 e. The third-order valence-electron chi connectivity index (χ3n) is 2.89. The van der Waals surface area contributed by atoms with Crippen molar-refractivity contribution < 1.29 is 9.84 Å². The summed E-state index contributed by atoms with van der Waals surface area (Å²) in [4.78, 5) is 0. The first-order chi connectivity index (χ1) is 7.31. The summed E-state index contributed by atoms with van der Waals surface area (Å²) in [6.45, 7) is 0.471. The minimum atomic E-state index is -0.323. The normalized spacial score (nSPS) is 25.5. The van der Waals surface area contributed by atoms with Gasteiger partial charge in [0, 0.05) is 12.1 Å². The van der Waals surface area contributed by atoms with E-state index < -0.39 is 0 Å². The first kappa shape index (κ1) is 10.5. The van der Waals surface area contributed by atoms with Gasteiger partial charge in [-0.2, -0.15) is 0 Å². The van der Waals surface area contributed by atoms with Crippen LogP contribution >= 0.6 is 0 Å². The topological polar surface area (TPSA) is 55.5 Å². The van der Waals surface area contributed by atoms with Gasteiger partial charge in [-0.05, 0) is 25.3 Å². The summed E-state index contributed by atoms with van der Waals surface area (Å²) < 4.78 is 5.78. The zero-order valence-corrected chi connectivity index (χ0v) is 8.73. The van der Waals surface area contributed by atoms with Crippen LogP contribution in [0.15, 0.2) is 24.3 Å². The average molecular weight is 207 g/mol. The zero-order valence-electron chi connectivity index (χ0n) is 8.73. The van der Waals surface area contributed by atoms with Gasteiger partial charge in [0.1, 0.15) is 11.9 Å². The van der Waals surface area contributed by atoms with Crippen molar-refractivity contribution in [3.63, 3.8) is 0 Å². The quantitative estimate of drug-likeness (QED) is 0.788. The molecule has 1 fully saturated rings. The number of benzene rings is 1. The molecule has 0 amide bonds. The highest BCUT2D eigenvalue weighted by molar-refractivity contribution is 5.33. The van der Waals surface area contributed by atoms with E-state index in [1.54, 1.807) is 0 Å². The predicted molar refractivity (Wildman–Crippen MR) is 58.6 cm³/mol. The molecule has 2 rings (SSSR count). The summed E-state index contributed by atoms with van der Waals surface area (Å²) in [6.07, 6.45) is 2.43. The van der Waals surface area contributed by atoms with Crippen LogP contribution in [0.25, 0.3) is 0 Å². The molecular formula is C12H17NO2. The second kappa shape index (κ2) is 4.64. The Bertz CT molecular complexity index is 327. The van der Waals surface area contributed by atoms with Crippen LogP contribution in [0, 0.1) is 0 Å². The van der Waals surface area contributed by atoms with Gasteiger partial charge < -0.3 is 15.6 Å². The Morgan fingerprint density at radius 3 is 2.80 bits per heavy atom. The molecule has 3 N–H and O–H groups in total. The van der Waals surface area contributed by atoms with E-state index in [4.69, 9.17) is 10.5 Å². The molecule has 1 aliphatic carbocycles. The summed E-state index contributed by atoms with van der Waals surface area (Å²) in [7, 11) is 0. The van der Waals surface area contributed by atoms with Crippen molar-refractivity contribution in [3.8, 4) is 5.75 Å². The second-order valence-corrected chi connectivity index (χ2v) is 3.97. The van der Waals surface area contributed by atoms with Crippen LogP contribution in [0.5, 0.6) is 5.75 Å². The van der Waals surface area contributed by atoms with Crippen LogP contribution in [0.3, 0.4) is 0 Å². The number of nitrogens with two attached hydrogens (primary N) is 1. The number of aliphatic hydroxyl groups is 1. The third kappa shape index (κ3) is 2.30. The molecule has 2 atom stereocenters. The number of aliphatic hydroxyl groups excluding tert-OH is 1. The van der Waals surface area contributed by atoms with Gasteiger partial charge in [-0.25, -0.2) is 0 Å².